The lowest BCUT2D eigenvalue weighted by Gasteiger charge is -2.12. The summed E-state index contributed by atoms with van der Waals surface area (Å²) in [4.78, 5) is 5.38. The molecule has 0 N–H and O–H groups in total. The number of hydrogen-bond acceptors (Lipinski definition) is 3. The molecule has 2 nitrogen and oxygen atoms in total. The van der Waals surface area contributed by atoms with E-state index in [0.29, 0.717) is 6.10 Å². The summed E-state index contributed by atoms with van der Waals surface area (Å²) in [7, 11) is 0. The van der Waals surface area contributed by atoms with E-state index in [2.05, 4.69) is 18.2 Å². The first-order valence-electron chi connectivity index (χ1n) is 5.02. The maximum absolute atomic E-state index is 5.91. The van der Waals surface area contributed by atoms with E-state index in [4.69, 9.17) is 4.74 Å². The first-order chi connectivity index (χ1) is 6.85. The van der Waals surface area contributed by atoms with E-state index in [1.807, 2.05) is 12.4 Å². The molecule has 0 radical (unpaired) electrons. The summed E-state index contributed by atoms with van der Waals surface area (Å²) in [6.07, 6.45) is 9.74. The highest BCUT2D eigenvalue weighted by Gasteiger charge is 2.25. The largest absolute Gasteiger partial charge is 0.489 e. The minimum absolute atomic E-state index is 0.466. The summed E-state index contributed by atoms with van der Waals surface area (Å²) in [5.41, 5.74) is 1.23. The van der Waals surface area contributed by atoms with Crippen LogP contribution in [0, 0.1) is 0 Å². The van der Waals surface area contributed by atoms with E-state index >= 15 is 0 Å². The van der Waals surface area contributed by atoms with Gasteiger partial charge in [0.1, 0.15) is 5.75 Å². The second kappa shape index (κ2) is 4.22. The highest BCUT2D eigenvalue weighted by Crippen LogP contribution is 2.35. The van der Waals surface area contributed by atoms with Crippen molar-refractivity contribution in [3.05, 3.63) is 18.0 Å². The summed E-state index contributed by atoms with van der Waals surface area (Å²) >= 11 is 1.71. The predicted molar refractivity (Wildman–Crippen MR) is 59.0 cm³/mol. The lowest BCUT2D eigenvalue weighted by molar-refractivity contribution is 0.292. The maximum atomic E-state index is 5.91. The molecule has 0 bridgehead atoms. The molecule has 0 atom stereocenters. The Morgan fingerprint density at radius 2 is 2.29 bits per heavy atom. The number of thioether (sulfide) groups is 1. The summed E-state index contributed by atoms with van der Waals surface area (Å²) in [6, 6.07) is 0. The SMILES string of the molecule is CCc1cncc(SC)c1OC1CC1. The lowest BCUT2D eigenvalue weighted by Crippen LogP contribution is -2.01. The number of nitrogens with zero attached hydrogens (tertiary/aromatic N) is 1. The quantitative estimate of drug-likeness (QED) is 0.712. The second-order valence-corrected chi connectivity index (χ2v) is 4.35. The van der Waals surface area contributed by atoms with Crippen LogP contribution in [0.4, 0.5) is 0 Å². The molecule has 3 heteroatoms. The number of ether oxygens (including phenoxy) is 1. The first-order valence-corrected chi connectivity index (χ1v) is 6.25. The molecule has 0 aliphatic heterocycles. The third-order valence-electron chi connectivity index (χ3n) is 2.35. The van der Waals surface area contributed by atoms with Gasteiger partial charge in [-0.3, -0.25) is 4.98 Å². The fourth-order valence-electron chi connectivity index (χ4n) is 1.35. The molecule has 0 amide bonds. The molecule has 1 aromatic heterocycles. The minimum Gasteiger partial charge on any atom is -0.489 e. The van der Waals surface area contributed by atoms with Crippen molar-refractivity contribution < 1.29 is 4.74 Å². The average Bonchev–Trinajstić information content (AvgIpc) is 3.02. The molecule has 1 saturated carbocycles. The summed E-state index contributed by atoms with van der Waals surface area (Å²) < 4.78 is 5.91. The molecule has 1 aliphatic carbocycles. The van der Waals surface area contributed by atoms with Crippen molar-refractivity contribution in [3.8, 4) is 5.75 Å². The van der Waals surface area contributed by atoms with E-state index in [1.54, 1.807) is 11.8 Å². The number of aryl methyl sites for hydroxylation is 1. The van der Waals surface area contributed by atoms with E-state index in [-0.39, 0.29) is 0 Å². The molecule has 1 aromatic rings. The Balaban J connectivity index is 2.29. The molecule has 76 valence electrons. The van der Waals surface area contributed by atoms with Gasteiger partial charge >= 0.3 is 0 Å². The Hall–Kier alpha value is -0.700. The van der Waals surface area contributed by atoms with Gasteiger partial charge in [0, 0.05) is 18.0 Å². The number of rotatable bonds is 4. The third kappa shape index (κ3) is 2.03. The molecule has 0 aromatic carbocycles. The van der Waals surface area contributed by atoms with Crippen molar-refractivity contribution in [2.24, 2.45) is 0 Å². The van der Waals surface area contributed by atoms with Crippen LogP contribution in [0.5, 0.6) is 5.75 Å². The normalized spacial score (nSPS) is 15.6. The van der Waals surface area contributed by atoms with Gasteiger partial charge in [-0.1, -0.05) is 6.92 Å². The number of aromatic nitrogens is 1. The standard InChI is InChI=1S/C11H15NOS/c1-3-8-6-12-7-10(14-2)11(8)13-9-4-5-9/h6-7,9H,3-5H2,1-2H3. The van der Waals surface area contributed by atoms with Crippen molar-refractivity contribution >= 4 is 11.8 Å². The zero-order valence-electron chi connectivity index (χ0n) is 8.62. The molecule has 1 aliphatic rings. The molecular weight excluding hydrogens is 194 g/mol. The molecule has 0 spiro atoms. The summed E-state index contributed by atoms with van der Waals surface area (Å²) in [5, 5.41) is 0. The van der Waals surface area contributed by atoms with Gasteiger partial charge in [0.25, 0.3) is 0 Å². The Kier molecular flexibility index (Phi) is 2.96. The van der Waals surface area contributed by atoms with Gasteiger partial charge in [-0.05, 0) is 25.5 Å². The van der Waals surface area contributed by atoms with Crippen molar-refractivity contribution in [1.29, 1.82) is 0 Å². The fourth-order valence-corrected chi connectivity index (χ4v) is 1.88. The number of pyridine rings is 1. The molecule has 1 fully saturated rings. The lowest BCUT2D eigenvalue weighted by atomic mass is 10.2. The highest BCUT2D eigenvalue weighted by molar-refractivity contribution is 7.98. The smallest absolute Gasteiger partial charge is 0.139 e. The maximum Gasteiger partial charge on any atom is 0.139 e. The van der Waals surface area contributed by atoms with Crippen molar-refractivity contribution in [2.75, 3.05) is 6.26 Å². The third-order valence-corrected chi connectivity index (χ3v) is 3.08. The van der Waals surface area contributed by atoms with Crippen molar-refractivity contribution in [1.82, 2.24) is 4.98 Å². The van der Waals surface area contributed by atoms with Gasteiger partial charge in [-0.2, -0.15) is 0 Å². The minimum atomic E-state index is 0.466. The predicted octanol–water partition coefficient (Wildman–Crippen LogP) is 2.91. The van der Waals surface area contributed by atoms with Crippen LogP contribution in [0.1, 0.15) is 25.3 Å². The van der Waals surface area contributed by atoms with Gasteiger partial charge in [-0.15, -0.1) is 11.8 Å². The summed E-state index contributed by atoms with van der Waals surface area (Å²) in [6.45, 7) is 2.14. The zero-order valence-corrected chi connectivity index (χ0v) is 9.43. The van der Waals surface area contributed by atoms with Gasteiger partial charge < -0.3 is 4.74 Å². The van der Waals surface area contributed by atoms with Gasteiger partial charge in [0.05, 0.1) is 11.0 Å². The second-order valence-electron chi connectivity index (χ2n) is 3.50. The van der Waals surface area contributed by atoms with Crippen LogP contribution in [0.25, 0.3) is 0 Å². The topological polar surface area (TPSA) is 22.1 Å². The molecule has 14 heavy (non-hydrogen) atoms. The highest BCUT2D eigenvalue weighted by atomic mass is 32.2. The number of hydrogen-bond donors (Lipinski definition) is 0. The molecular formula is C11H15NOS. The van der Waals surface area contributed by atoms with Crippen molar-refractivity contribution in [2.45, 2.75) is 37.2 Å². The first kappa shape index (κ1) is 9.84. The van der Waals surface area contributed by atoms with Gasteiger partial charge in [-0.25, -0.2) is 0 Å². The molecule has 0 saturated heterocycles. The van der Waals surface area contributed by atoms with E-state index in [1.165, 1.54) is 18.4 Å². The van der Waals surface area contributed by atoms with E-state index < -0.39 is 0 Å². The van der Waals surface area contributed by atoms with Crippen LogP contribution < -0.4 is 4.74 Å². The van der Waals surface area contributed by atoms with Gasteiger partial charge in [0.2, 0.25) is 0 Å². The summed E-state index contributed by atoms with van der Waals surface area (Å²) in [5.74, 6) is 1.07. The zero-order chi connectivity index (χ0) is 9.97. The molecule has 0 unspecified atom stereocenters. The average molecular weight is 209 g/mol. The van der Waals surface area contributed by atoms with Crippen LogP contribution in [0.2, 0.25) is 0 Å². The van der Waals surface area contributed by atoms with Crippen LogP contribution >= 0.6 is 11.8 Å². The Morgan fingerprint density at radius 1 is 1.50 bits per heavy atom. The van der Waals surface area contributed by atoms with Gasteiger partial charge in [0.15, 0.2) is 0 Å². The van der Waals surface area contributed by atoms with Crippen LogP contribution in [-0.4, -0.2) is 17.3 Å². The Morgan fingerprint density at radius 3 is 2.86 bits per heavy atom. The molecule has 2 rings (SSSR count). The Labute approximate surface area is 89.1 Å². The van der Waals surface area contributed by atoms with Crippen LogP contribution in [0.15, 0.2) is 17.3 Å². The van der Waals surface area contributed by atoms with E-state index in [0.717, 1.165) is 17.1 Å². The fraction of sp³-hybridized carbons (Fsp3) is 0.545. The van der Waals surface area contributed by atoms with Crippen molar-refractivity contribution in [3.63, 3.8) is 0 Å². The van der Waals surface area contributed by atoms with Crippen LogP contribution in [-0.2, 0) is 6.42 Å². The van der Waals surface area contributed by atoms with E-state index in [9.17, 15) is 0 Å². The molecule has 1 heterocycles. The monoisotopic (exact) mass is 209 g/mol. The Bertz CT molecular complexity index is 301. The van der Waals surface area contributed by atoms with Crippen LogP contribution in [0.3, 0.4) is 0 Å².